The Hall–Kier alpha value is -4.19. The first-order valence-electron chi connectivity index (χ1n) is 11.0. The van der Waals surface area contributed by atoms with Gasteiger partial charge in [-0.3, -0.25) is 14.5 Å². The van der Waals surface area contributed by atoms with Crippen LogP contribution in [0.25, 0.3) is 5.76 Å². The number of aliphatic hydroxyl groups excluding tert-OH is 1. The number of hydrogen-bond acceptors (Lipinski definition) is 7. The van der Waals surface area contributed by atoms with Gasteiger partial charge in [0.15, 0.2) is 17.2 Å². The molecule has 1 unspecified atom stereocenters. The van der Waals surface area contributed by atoms with Crippen molar-refractivity contribution in [2.45, 2.75) is 13.0 Å². The highest BCUT2D eigenvalue weighted by Gasteiger charge is 2.47. The summed E-state index contributed by atoms with van der Waals surface area (Å²) >= 11 is 12.5. The van der Waals surface area contributed by atoms with E-state index in [1.165, 1.54) is 66.6 Å². The Kier molecular flexibility index (Phi) is 7.30. The third kappa shape index (κ3) is 4.67. The Morgan fingerprint density at radius 2 is 1.73 bits per heavy atom. The van der Waals surface area contributed by atoms with Crippen LogP contribution >= 0.6 is 23.2 Å². The summed E-state index contributed by atoms with van der Waals surface area (Å²) in [6.45, 7) is 2.00. The van der Waals surface area contributed by atoms with E-state index in [4.69, 9.17) is 37.9 Å². The van der Waals surface area contributed by atoms with Gasteiger partial charge in [0.2, 0.25) is 0 Å². The minimum Gasteiger partial charge on any atom is -0.507 e. The van der Waals surface area contributed by atoms with Crippen molar-refractivity contribution in [2.75, 3.05) is 18.6 Å². The van der Waals surface area contributed by atoms with Gasteiger partial charge in [0, 0.05) is 11.3 Å². The molecule has 1 amide bonds. The van der Waals surface area contributed by atoms with Crippen molar-refractivity contribution in [3.05, 3.63) is 86.9 Å². The first kappa shape index (κ1) is 25.9. The highest BCUT2D eigenvalue weighted by molar-refractivity contribution is 6.51. The molecule has 0 spiro atoms. The molecule has 0 aromatic heterocycles. The predicted octanol–water partition coefficient (Wildman–Crippen LogP) is 5.60. The fourth-order valence-corrected chi connectivity index (χ4v) is 4.77. The van der Waals surface area contributed by atoms with E-state index in [1.54, 1.807) is 6.92 Å². The van der Waals surface area contributed by atoms with Crippen LogP contribution in [0.1, 0.15) is 29.7 Å². The summed E-state index contributed by atoms with van der Waals surface area (Å²) in [4.78, 5) is 27.9. The Labute approximate surface area is 222 Å². The maximum absolute atomic E-state index is 13.3. The number of ketones is 1. The number of halogens is 2. The number of amides is 1. The topological polar surface area (TPSA) is 120 Å². The van der Waals surface area contributed by atoms with Crippen molar-refractivity contribution < 1.29 is 29.3 Å². The van der Waals surface area contributed by atoms with Gasteiger partial charge in [-0.1, -0.05) is 29.3 Å². The highest BCUT2D eigenvalue weighted by Crippen LogP contribution is 2.45. The molecule has 2 N–H and O–H groups in total. The van der Waals surface area contributed by atoms with Gasteiger partial charge in [0.05, 0.1) is 47.0 Å². The maximum atomic E-state index is 13.3. The molecule has 1 heterocycles. The summed E-state index contributed by atoms with van der Waals surface area (Å²) in [6.07, 6.45) is 0. The minimum absolute atomic E-state index is 0.0951. The quantitative estimate of drug-likeness (QED) is 0.238. The van der Waals surface area contributed by atoms with Crippen molar-refractivity contribution in [1.82, 2.24) is 0 Å². The van der Waals surface area contributed by atoms with Crippen molar-refractivity contribution in [3.8, 4) is 23.3 Å². The lowest BCUT2D eigenvalue weighted by atomic mass is 9.94. The number of aromatic hydroxyl groups is 1. The molecule has 37 heavy (non-hydrogen) atoms. The van der Waals surface area contributed by atoms with Gasteiger partial charge in [-0.15, -0.1) is 0 Å². The van der Waals surface area contributed by atoms with Gasteiger partial charge in [0.25, 0.3) is 11.7 Å². The predicted molar refractivity (Wildman–Crippen MR) is 138 cm³/mol. The number of aliphatic hydroxyl groups is 1. The van der Waals surface area contributed by atoms with E-state index in [2.05, 4.69) is 0 Å². The monoisotopic (exact) mass is 538 g/mol. The highest BCUT2D eigenvalue weighted by atomic mass is 35.5. The first-order chi connectivity index (χ1) is 17.7. The van der Waals surface area contributed by atoms with Crippen LogP contribution in [0.15, 0.2) is 60.2 Å². The number of carbonyl (C=O) groups is 2. The van der Waals surface area contributed by atoms with Gasteiger partial charge in [-0.25, -0.2) is 0 Å². The number of nitriles is 1. The largest absolute Gasteiger partial charge is 0.507 e. The van der Waals surface area contributed by atoms with Gasteiger partial charge in [-0.05, 0) is 61.0 Å². The fraction of sp³-hybridized carbons (Fsp3) is 0.148. The maximum Gasteiger partial charge on any atom is 0.300 e. The van der Waals surface area contributed by atoms with Crippen molar-refractivity contribution in [3.63, 3.8) is 0 Å². The average molecular weight is 539 g/mol. The third-order valence-electron chi connectivity index (χ3n) is 5.79. The molecule has 0 saturated carbocycles. The summed E-state index contributed by atoms with van der Waals surface area (Å²) in [6, 6.07) is 14.1. The van der Waals surface area contributed by atoms with Gasteiger partial charge < -0.3 is 19.7 Å². The van der Waals surface area contributed by atoms with Crippen LogP contribution in [-0.4, -0.2) is 35.6 Å². The molecule has 1 atom stereocenters. The summed E-state index contributed by atoms with van der Waals surface area (Å²) in [5.74, 6) is -2.14. The lowest BCUT2D eigenvalue weighted by molar-refractivity contribution is -0.132. The number of phenolic OH excluding ortho intramolecular Hbond substituents is 1. The molecule has 3 aromatic carbocycles. The van der Waals surface area contributed by atoms with Crippen LogP contribution in [0.4, 0.5) is 5.69 Å². The number of anilines is 1. The van der Waals surface area contributed by atoms with Crippen LogP contribution in [0.2, 0.25) is 10.0 Å². The van der Waals surface area contributed by atoms with Crippen LogP contribution in [0.5, 0.6) is 17.2 Å². The number of carbonyl (C=O) groups excluding carboxylic acids is 2. The van der Waals surface area contributed by atoms with E-state index in [0.717, 1.165) is 0 Å². The molecule has 1 saturated heterocycles. The van der Waals surface area contributed by atoms with E-state index in [9.17, 15) is 19.8 Å². The van der Waals surface area contributed by atoms with Gasteiger partial charge >= 0.3 is 0 Å². The summed E-state index contributed by atoms with van der Waals surface area (Å²) in [5.41, 5.74) is 0.948. The van der Waals surface area contributed by atoms with Crippen LogP contribution < -0.4 is 14.4 Å². The molecule has 1 aliphatic heterocycles. The number of phenols is 1. The second kappa shape index (κ2) is 10.4. The SMILES string of the molecule is CCOc1cc(C2/C(=C(\O)c3cc(Cl)c(OC)c(Cl)c3)C(=O)C(=O)N2c2ccc(C#N)cc2)ccc1O. The summed E-state index contributed by atoms with van der Waals surface area (Å²) in [5, 5.41) is 30.9. The van der Waals surface area contributed by atoms with E-state index in [-0.39, 0.29) is 45.0 Å². The van der Waals surface area contributed by atoms with Crippen molar-refractivity contribution in [2.24, 2.45) is 0 Å². The van der Waals surface area contributed by atoms with Crippen LogP contribution in [0, 0.1) is 11.3 Å². The summed E-state index contributed by atoms with van der Waals surface area (Å²) in [7, 11) is 1.39. The molecule has 3 aromatic rings. The van der Waals surface area contributed by atoms with Crippen LogP contribution in [0.3, 0.4) is 0 Å². The molecule has 8 nitrogen and oxygen atoms in total. The van der Waals surface area contributed by atoms with E-state index in [0.29, 0.717) is 16.8 Å². The van der Waals surface area contributed by atoms with Crippen LogP contribution in [-0.2, 0) is 9.59 Å². The number of Topliss-reactive ketones (excluding diaryl/α,β-unsaturated/α-hetero) is 1. The number of methoxy groups -OCH3 is 1. The summed E-state index contributed by atoms with van der Waals surface area (Å²) < 4.78 is 10.7. The first-order valence-corrected chi connectivity index (χ1v) is 11.8. The molecular formula is C27H20Cl2N2O6. The van der Waals surface area contributed by atoms with Crippen molar-refractivity contribution >= 4 is 46.3 Å². The molecule has 10 heteroatoms. The Morgan fingerprint density at radius 1 is 1.08 bits per heavy atom. The number of rotatable bonds is 6. The smallest absolute Gasteiger partial charge is 0.300 e. The minimum atomic E-state index is -1.10. The van der Waals surface area contributed by atoms with E-state index < -0.39 is 23.5 Å². The van der Waals surface area contributed by atoms with Crippen molar-refractivity contribution in [1.29, 1.82) is 5.26 Å². The van der Waals surface area contributed by atoms with Gasteiger partial charge in [0.1, 0.15) is 5.76 Å². The number of benzene rings is 3. The Morgan fingerprint density at radius 3 is 2.30 bits per heavy atom. The number of nitrogens with zero attached hydrogens (tertiary/aromatic N) is 2. The molecular weight excluding hydrogens is 519 g/mol. The molecule has 0 aliphatic carbocycles. The molecule has 1 fully saturated rings. The second-order valence-corrected chi connectivity index (χ2v) is 8.78. The third-order valence-corrected chi connectivity index (χ3v) is 6.36. The molecule has 0 radical (unpaired) electrons. The Bertz CT molecular complexity index is 1450. The number of ether oxygens (including phenoxy) is 2. The zero-order valence-electron chi connectivity index (χ0n) is 19.7. The van der Waals surface area contributed by atoms with Gasteiger partial charge in [-0.2, -0.15) is 5.26 Å². The lowest BCUT2D eigenvalue weighted by Crippen LogP contribution is -2.29. The second-order valence-electron chi connectivity index (χ2n) is 7.96. The average Bonchev–Trinajstić information content (AvgIpc) is 3.15. The Balaban J connectivity index is 1.97. The fourth-order valence-electron chi connectivity index (χ4n) is 4.13. The van der Waals surface area contributed by atoms with E-state index >= 15 is 0 Å². The zero-order chi connectivity index (χ0) is 26.9. The zero-order valence-corrected chi connectivity index (χ0v) is 21.2. The molecule has 188 valence electrons. The van der Waals surface area contributed by atoms with E-state index in [1.807, 2.05) is 6.07 Å². The molecule has 4 rings (SSSR count). The number of hydrogen-bond donors (Lipinski definition) is 2. The lowest BCUT2D eigenvalue weighted by Gasteiger charge is -2.26. The standard InChI is InChI=1S/C27H20Cl2N2O6/c1-3-37-21-12-15(6-9-20(21)32)23-22(24(33)16-10-18(28)26(36-2)19(29)11-16)25(34)27(35)31(23)17-7-4-14(13-30)5-8-17/h4-12,23,32-33H,3H2,1-2H3/b24-22+. The normalized spacial score (nSPS) is 16.5. The molecule has 0 bridgehead atoms. The molecule has 1 aliphatic rings.